The average molecular weight is 551 g/mol. The van der Waals surface area contributed by atoms with Crippen molar-refractivity contribution in [1.82, 2.24) is 24.8 Å². The fraction of sp³-hybridized carbons (Fsp3) is 0.633. The van der Waals surface area contributed by atoms with E-state index in [4.69, 9.17) is 10.7 Å². The third kappa shape index (κ3) is 8.44. The molecular weight excluding hydrogens is 504 g/mol. The van der Waals surface area contributed by atoms with Gasteiger partial charge in [-0.25, -0.2) is 4.98 Å². The van der Waals surface area contributed by atoms with Crippen LogP contribution in [0.5, 0.6) is 0 Å². The molecule has 2 aromatic rings. The van der Waals surface area contributed by atoms with Gasteiger partial charge < -0.3 is 26.2 Å². The number of anilines is 2. The van der Waals surface area contributed by atoms with Gasteiger partial charge in [0, 0.05) is 45.0 Å². The molecule has 218 valence electrons. The molecule has 2 aliphatic heterocycles. The highest BCUT2D eigenvalue weighted by molar-refractivity contribution is 5.94. The van der Waals surface area contributed by atoms with Gasteiger partial charge >= 0.3 is 0 Å². The molecule has 1 fully saturated rings. The molecule has 0 spiro atoms. The minimum atomic E-state index is -0.367. The van der Waals surface area contributed by atoms with Crippen molar-refractivity contribution in [2.75, 3.05) is 50.9 Å². The zero-order chi connectivity index (χ0) is 28.3. The fourth-order valence-corrected chi connectivity index (χ4v) is 5.42. The number of piperidine rings is 1. The first-order chi connectivity index (χ1) is 19.4. The lowest BCUT2D eigenvalue weighted by Crippen LogP contribution is -2.44. The van der Waals surface area contributed by atoms with Crippen molar-refractivity contribution in [1.29, 1.82) is 0 Å². The second-order valence-corrected chi connectivity index (χ2v) is 11.3. The monoisotopic (exact) mass is 550 g/mol. The van der Waals surface area contributed by atoms with Gasteiger partial charge in [-0.2, -0.15) is 4.98 Å². The first-order valence-electron chi connectivity index (χ1n) is 15.0. The molecule has 0 aromatic carbocycles. The number of rotatable bonds is 3. The molecule has 10 heteroatoms. The van der Waals surface area contributed by atoms with Crippen molar-refractivity contribution in [3.8, 4) is 11.3 Å². The Morgan fingerprint density at radius 3 is 2.45 bits per heavy atom. The second kappa shape index (κ2) is 15.0. The molecule has 0 unspecified atom stereocenters. The molecule has 1 amide bonds. The van der Waals surface area contributed by atoms with E-state index in [2.05, 4.69) is 32.5 Å². The number of carbonyl (C=O) groups excluding carboxylic acids is 2. The zero-order valence-corrected chi connectivity index (χ0v) is 24.2. The van der Waals surface area contributed by atoms with Crippen molar-refractivity contribution >= 4 is 23.5 Å². The van der Waals surface area contributed by atoms with Crippen LogP contribution in [-0.2, 0) is 4.79 Å². The lowest BCUT2D eigenvalue weighted by atomic mass is 10.0. The molecule has 10 nitrogen and oxygen atoms in total. The summed E-state index contributed by atoms with van der Waals surface area (Å²) in [6, 6.07) is 3.60. The maximum Gasteiger partial charge on any atom is 0.255 e. The van der Waals surface area contributed by atoms with Gasteiger partial charge in [0.05, 0.1) is 22.9 Å². The highest BCUT2D eigenvalue weighted by atomic mass is 16.2. The van der Waals surface area contributed by atoms with Crippen LogP contribution in [0.2, 0.25) is 0 Å². The van der Waals surface area contributed by atoms with E-state index in [0.717, 1.165) is 83.0 Å². The average Bonchev–Trinajstić information content (AvgIpc) is 2.97. The van der Waals surface area contributed by atoms with E-state index in [1.165, 1.54) is 0 Å². The third-order valence-corrected chi connectivity index (χ3v) is 8.16. The van der Waals surface area contributed by atoms with Gasteiger partial charge in [-0.1, -0.05) is 19.3 Å². The summed E-state index contributed by atoms with van der Waals surface area (Å²) in [5.41, 5.74) is 8.22. The number of nitrogens with two attached hydrogens (primary N) is 1. The Kier molecular flexibility index (Phi) is 11.2. The molecule has 4 N–H and O–H groups in total. The Labute approximate surface area is 238 Å². The van der Waals surface area contributed by atoms with E-state index in [0.29, 0.717) is 42.4 Å². The van der Waals surface area contributed by atoms with E-state index in [-0.39, 0.29) is 23.8 Å². The molecule has 4 rings (SSSR count). The van der Waals surface area contributed by atoms with Crippen LogP contribution in [0.3, 0.4) is 0 Å². The van der Waals surface area contributed by atoms with E-state index in [9.17, 15) is 9.59 Å². The van der Waals surface area contributed by atoms with Crippen molar-refractivity contribution in [3.63, 3.8) is 0 Å². The first kappa shape index (κ1) is 29.9. The third-order valence-electron chi connectivity index (χ3n) is 8.16. The minimum absolute atomic E-state index is 0.000833. The SMILES string of the molecule is CN1CCC(N(C)C(=O)c2ccc(-c3cnc4nc3NCCCC[C@H](N)C(=O)CCCCCCCN4)nc2)CC1. The van der Waals surface area contributed by atoms with E-state index in [1.807, 2.05) is 24.1 Å². The molecule has 0 radical (unpaired) electrons. The molecule has 0 aliphatic carbocycles. The van der Waals surface area contributed by atoms with Crippen LogP contribution < -0.4 is 16.4 Å². The summed E-state index contributed by atoms with van der Waals surface area (Å²) in [6.45, 7) is 3.50. The van der Waals surface area contributed by atoms with Crippen LogP contribution >= 0.6 is 0 Å². The topological polar surface area (TPSA) is 129 Å². The number of carbonyl (C=O) groups is 2. The summed E-state index contributed by atoms with van der Waals surface area (Å²) in [5, 5.41) is 6.79. The number of ketones is 1. The highest BCUT2D eigenvalue weighted by Gasteiger charge is 2.25. The van der Waals surface area contributed by atoms with Gasteiger partial charge in [0.1, 0.15) is 11.6 Å². The molecule has 40 heavy (non-hydrogen) atoms. The Morgan fingerprint density at radius 1 is 0.950 bits per heavy atom. The molecule has 2 aromatic heterocycles. The number of nitrogens with zero attached hydrogens (tertiary/aromatic N) is 5. The van der Waals surface area contributed by atoms with E-state index in [1.54, 1.807) is 12.4 Å². The maximum absolute atomic E-state index is 13.1. The van der Waals surface area contributed by atoms with Crippen molar-refractivity contribution < 1.29 is 9.59 Å². The van der Waals surface area contributed by atoms with Crippen molar-refractivity contribution in [2.45, 2.75) is 82.7 Å². The number of aromatic nitrogens is 3. The Hall–Kier alpha value is -3.11. The van der Waals surface area contributed by atoms with E-state index >= 15 is 0 Å². The summed E-state index contributed by atoms with van der Waals surface area (Å²) in [6.07, 6.45) is 13.6. The lowest BCUT2D eigenvalue weighted by molar-refractivity contribution is -0.120. The summed E-state index contributed by atoms with van der Waals surface area (Å²) >= 11 is 0. The van der Waals surface area contributed by atoms with Crippen LogP contribution in [0.25, 0.3) is 11.3 Å². The smallest absolute Gasteiger partial charge is 0.255 e. The normalized spacial score (nSPS) is 21.0. The highest BCUT2D eigenvalue weighted by Crippen LogP contribution is 2.26. The van der Waals surface area contributed by atoms with E-state index < -0.39 is 0 Å². The number of Topliss-reactive ketones (excluding diaryl/α,β-unsaturated/α-hetero) is 1. The number of hydrogen-bond donors (Lipinski definition) is 3. The molecule has 2 aliphatic rings. The maximum atomic E-state index is 13.1. The first-order valence-corrected chi connectivity index (χ1v) is 15.0. The van der Waals surface area contributed by atoms with Crippen LogP contribution in [0, 0.1) is 0 Å². The molecule has 0 saturated carbocycles. The molecule has 4 heterocycles. The van der Waals surface area contributed by atoms with Gasteiger partial charge in [0.25, 0.3) is 5.91 Å². The van der Waals surface area contributed by atoms with Crippen LogP contribution in [0.1, 0.15) is 81.0 Å². The molecular formula is C30H46N8O2. The molecule has 1 atom stereocenters. The predicted molar refractivity (Wildman–Crippen MR) is 159 cm³/mol. The lowest BCUT2D eigenvalue weighted by Gasteiger charge is -2.35. The van der Waals surface area contributed by atoms with Gasteiger partial charge in [-0.15, -0.1) is 0 Å². The quantitative estimate of drug-likeness (QED) is 0.520. The van der Waals surface area contributed by atoms with Crippen LogP contribution in [-0.4, -0.2) is 88.8 Å². The fourth-order valence-electron chi connectivity index (χ4n) is 5.42. The number of nitrogens with one attached hydrogen (secondary N) is 2. The van der Waals surface area contributed by atoms with Crippen LogP contribution in [0.15, 0.2) is 24.5 Å². The minimum Gasteiger partial charge on any atom is -0.369 e. The summed E-state index contributed by atoms with van der Waals surface area (Å²) in [4.78, 5) is 43.6. The number of hydrogen-bond acceptors (Lipinski definition) is 9. The summed E-state index contributed by atoms with van der Waals surface area (Å²) < 4.78 is 0. The molecule has 1 saturated heterocycles. The predicted octanol–water partition coefficient (Wildman–Crippen LogP) is 3.95. The molecule has 2 bridgehead atoms. The number of pyridine rings is 1. The van der Waals surface area contributed by atoms with Gasteiger partial charge in [-0.3, -0.25) is 14.6 Å². The largest absolute Gasteiger partial charge is 0.369 e. The second-order valence-electron chi connectivity index (χ2n) is 11.3. The van der Waals surface area contributed by atoms with Gasteiger partial charge in [-0.05, 0) is 77.2 Å². The zero-order valence-electron chi connectivity index (χ0n) is 24.2. The van der Waals surface area contributed by atoms with Crippen molar-refractivity contribution in [2.24, 2.45) is 5.73 Å². The van der Waals surface area contributed by atoms with Crippen molar-refractivity contribution in [3.05, 3.63) is 30.1 Å². The van der Waals surface area contributed by atoms with Crippen LogP contribution in [0.4, 0.5) is 11.8 Å². The van der Waals surface area contributed by atoms with Gasteiger partial charge in [0.2, 0.25) is 5.95 Å². The Bertz CT molecular complexity index is 1100. The summed E-state index contributed by atoms with van der Waals surface area (Å²) in [7, 11) is 4.01. The Balaban J connectivity index is 1.45. The summed E-state index contributed by atoms with van der Waals surface area (Å²) in [5.74, 6) is 1.48. The number of amides is 1. The number of likely N-dealkylation sites (tertiary alicyclic amines) is 1. The number of fused-ring (bicyclic) bond motifs is 2. The standard InChI is InChI=1S/C30H46N8O2/c1-37-18-14-23(15-19-37)38(2)29(40)22-12-13-26(34-20-22)24-21-35-30-33-17-8-5-3-4-6-11-27(39)25(31)10-7-9-16-32-28(24)36-30/h12-13,20-21,23,25H,3-11,14-19,31H2,1-2H3,(H2,32,33,35,36)/t25-/m0/s1. The van der Waals surface area contributed by atoms with Gasteiger partial charge in [0.15, 0.2) is 0 Å². The Morgan fingerprint density at radius 2 is 1.68 bits per heavy atom.